The standard InChI is InChI=1S/C9H15NO3S/c1-3-6(2)8(11)10-5-14-4-7(10)9(12)13/h6-7H,3-5H2,1-2H3,(H,12,13). The van der Waals surface area contributed by atoms with Gasteiger partial charge in [0.1, 0.15) is 6.04 Å². The van der Waals surface area contributed by atoms with Gasteiger partial charge in [-0.15, -0.1) is 11.8 Å². The molecule has 0 bridgehead atoms. The minimum Gasteiger partial charge on any atom is -0.480 e. The van der Waals surface area contributed by atoms with Gasteiger partial charge in [0.15, 0.2) is 0 Å². The Morgan fingerprint density at radius 3 is 2.79 bits per heavy atom. The van der Waals surface area contributed by atoms with Crippen LogP contribution in [0.2, 0.25) is 0 Å². The Morgan fingerprint density at radius 2 is 2.29 bits per heavy atom. The number of thioether (sulfide) groups is 1. The SMILES string of the molecule is CCC(C)C(=O)N1CSCC1C(=O)O. The molecule has 1 aliphatic heterocycles. The number of carboxylic acid groups (broad SMARTS) is 1. The fraction of sp³-hybridized carbons (Fsp3) is 0.778. The van der Waals surface area contributed by atoms with E-state index in [4.69, 9.17) is 5.11 Å². The Bertz CT molecular complexity index is 244. The van der Waals surface area contributed by atoms with Crippen molar-refractivity contribution in [2.24, 2.45) is 5.92 Å². The Hall–Kier alpha value is -0.710. The van der Waals surface area contributed by atoms with Crippen LogP contribution in [0.25, 0.3) is 0 Å². The minimum atomic E-state index is -0.897. The molecule has 0 aromatic carbocycles. The molecular weight excluding hydrogens is 202 g/mol. The molecule has 1 amide bonds. The monoisotopic (exact) mass is 217 g/mol. The van der Waals surface area contributed by atoms with Crippen molar-refractivity contribution in [3.05, 3.63) is 0 Å². The van der Waals surface area contributed by atoms with E-state index < -0.39 is 12.0 Å². The summed E-state index contributed by atoms with van der Waals surface area (Å²) in [6.45, 7) is 3.77. The van der Waals surface area contributed by atoms with E-state index in [-0.39, 0.29) is 11.8 Å². The normalized spacial score (nSPS) is 23.6. The highest BCUT2D eigenvalue weighted by atomic mass is 32.2. The Morgan fingerprint density at radius 1 is 1.64 bits per heavy atom. The molecule has 1 N–H and O–H groups in total. The highest BCUT2D eigenvalue weighted by Crippen LogP contribution is 2.23. The van der Waals surface area contributed by atoms with Crippen LogP contribution < -0.4 is 0 Å². The molecule has 1 saturated heterocycles. The first-order chi connectivity index (χ1) is 6.57. The molecule has 0 radical (unpaired) electrons. The lowest BCUT2D eigenvalue weighted by molar-refractivity contribution is -0.149. The third kappa shape index (κ3) is 2.20. The second-order valence-corrected chi connectivity index (χ2v) is 4.47. The smallest absolute Gasteiger partial charge is 0.327 e. The first-order valence-corrected chi connectivity index (χ1v) is 5.84. The van der Waals surface area contributed by atoms with Gasteiger partial charge in [-0.3, -0.25) is 4.79 Å². The zero-order valence-corrected chi connectivity index (χ0v) is 9.21. The molecule has 2 atom stereocenters. The maximum Gasteiger partial charge on any atom is 0.327 e. The molecule has 4 nitrogen and oxygen atoms in total. The largest absolute Gasteiger partial charge is 0.480 e. The number of hydrogen-bond acceptors (Lipinski definition) is 3. The van der Waals surface area contributed by atoms with E-state index in [1.165, 1.54) is 16.7 Å². The van der Waals surface area contributed by atoms with Crippen LogP contribution >= 0.6 is 11.8 Å². The van der Waals surface area contributed by atoms with E-state index >= 15 is 0 Å². The van der Waals surface area contributed by atoms with Gasteiger partial charge >= 0.3 is 5.97 Å². The molecule has 0 spiro atoms. The van der Waals surface area contributed by atoms with Gasteiger partial charge in [0.25, 0.3) is 0 Å². The number of carboxylic acids is 1. The van der Waals surface area contributed by atoms with Crippen LogP contribution in [0.3, 0.4) is 0 Å². The van der Waals surface area contributed by atoms with Crippen molar-refractivity contribution in [2.45, 2.75) is 26.3 Å². The van der Waals surface area contributed by atoms with E-state index in [0.717, 1.165) is 6.42 Å². The third-order valence-corrected chi connectivity index (χ3v) is 3.50. The van der Waals surface area contributed by atoms with Crippen LogP contribution in [-0.4, -0.2) is 39.6 Å². The number of carbonyl (C=O) groups excluding carboxylic acids is 1. The molecule has 1 heterocycles. The Kier molecular flexibility index (Phi) is 3.80. The van der Waals surface area contributed by atoms with Gasteiger partial charge < -0.3 is 10.0 Å². The third-order valence-electron chi connectivity index (χ3n) is 2.48. The van der Waals surface area contributed by atoms with Crippen molar-refractivity contribution < 1.29 is 14.7 Å². The molecule has 5 heteroatoms. The Balaban J connectivity index is 2.67. The number of hydrogen-bond donors (Lipinski definition) is 1. The van der Waals surface area contributed by atoms with E-state index in [9.17, 15) is 9.59 Å². The number of nitrogens with zero attached hydrogens (tertiary/aromatic N) is 1. The van der Waals surface area contributed by atoms with E-state index in [1.54, 1.807) is 0 Å². The molecule has 1 rings (SSSR count). The van der Waals surface area contributed by atoms with E-state index in [0.29, 0.717) is 11.6 Å². The molecule has 1 aliphatic rings. The summed E-state index contributed by atoms with van der Waals surface area (Å²) in [6, 6.07) is -0.624. The van der Waals surface area contributed by atoms with Crippen molar-refractivity contribution in [3.63, 3.8) is 0 Å². The zero-order chi connectivity index (χ0) is 10.7. The van der Waals surface area contributed by atoms with Gasteiger partial charge in [0.2, 0.25) is 5.91 Å². The number of carbonyl (C=O) groups is 2. The summed E-state index contributed by atoms with van der Waals surface area (Å²) in [5.74, 6) is 0.0181. The highest BCUT2D eigenvalue weighted by Gasteiger charge is 2.35. The molecule has 2 unspecified atom stereocenters. The van der Waals surface area contributed by atoms with Gasteiger partial charge in [-0.25, -0.2) is 4.79 Å². The fourth-order valence-electron chi connectivity index (χ4n) is 1.32. The summed E-state index contributed by atoms with van der Waals surface area (Å²) in [5.41, 5.74) is 0. The zero-order valence-electron chi connectivity index (χ0n) is 8.40. The van der Waals surface area contributed by atoms with Gasteiger partial charge in [0.05, 0.1) is 5.88 Å². The lowest BCUT2D eigenvalue weighted by atomic mass is 10.1. The minimum absolute atomic E-state index is 0.0371. The summed E-state index contributed by atoms with van der Waals surface area (Å²) in [5, 5.41) is 8.88. The van der Waals surface area contributed by atoms with Crippen molar-refractivity contribution in [2.75, 3.05) is 11.6 Å². The van der Waals surface area contributed by atoms with Crippen LogP contribution in [0, 0.1) is 5.92 Å². The van der Waals surface area contributed by atoms with Gasteiger partial charge in [-0.1, -0.05) is 13.8 Å². The summed E-state index contributed by atoms with van der Waals surface area (Å²) >= 11 is 1.50. The topological polar surface area (TPSA) is 57.6 Å². The summed E-state index contributed by atoms with van der Waals surface area (Å²) in [4.78, 5) is 24.0. The van der Waals surface area contributed by atoms with Gasteiger partial charge in [-0.2, -0.15) is 0 Å². The van der Waals surface area contributed by atoms with Crippen molar-refractivity contribution >= 4 is 23.6 Å². The maximum absolute atomic E-state index is 11.7. The van der Waals surface area contributed by atoms with Gasteiger partial charge in [-0.05, 0) is 6.42 Å². The molecule has 1 fully saturated rings. The van der Waals surface area contributed by atoms with Gasteiger partial charge in [0, 0.05) is 11.7 Å². The van der Waals surface area contributed by atoms with Crippen LogP contribution in [-0.2, 0) is 9.59 Å². The van der Waals surface area contributed by atoms with Crippen molar-refractivity contribution in [3.8, 4) is 0 Å². The Labute approximate surface area is 87.7 Å². The summed E-state index contributed by atoms with van der Waals surface area (Å²) in [6.07, 6.45) is 0.756. The van der Waals surface area contributed by atoms with Crippen molar-refractivity contribution in [1.29, 1.82) is 0 Å². The lowest BCUT2D eigenvalue weighted by Crippen LogP contribution is -2.43. The quantitative estimate of drug-likeness (QED) is 0.766. The predicted molar refractivity (Wildman–Crippen MR) is 55.0 cm³/mol. The number of amides is 1. The van der Waals surface area contributed by atoms with Crippen molar-refractivity contribution in [1.82, 2.24) is 4.90 Å². The summed E-state index contributed by atoms with van der Waals surface area (Å²) in [7, 11) is 0. The fourth-order valence-corrected chi connectivity index (χ4v) is 2.48. The number of rotatable bonds is 3. The molecule has 0 aromatic rings. The highest BCUT2D eigenvalue weighted by molar-refractivity contribution is 7.99. The second kappa shape index (κ2) is 4.68. The molecule has 14 heavy (non-hydrogen) atoms. The van der Waals surface area contributed by atoms with Crippen LogP contribution in [0.1, 0.15) is 20.3 Å². The average molecular weight is 217 g/mol. The first kappa shape index (κ1) is 11.4. The molecule has 80 valence electrons. The second-order valence-electron chi connectivity index (χ2n) is 3.47. The predicted octanol–water partition coefficient (Wildman–Crippen LogP) is 1.02. The number of aliphatic carboxylic acids is 1. The van der Waals surface area contributed by atoms with Crippen LogP contribution in [0.15, 0.2) is 0 Å². The van der Waals surface area contributed by atoms with E-state index in [1.807, 2.05) is 13.8 Å². The molecular formula is C9H15NO3S. The molecule has 0 aromatic heterocycles. The van der Waals surface area contributed by atoms with Crippen LogP contribution in [0.5, 0.6) is 0 Å². The lowest BCUT2D eigenvalue weighted by Gasteiger charge is -2.23. The molecule has 0 saturated carbocycles. The first-order valence-electron chi connectivity index (χ1n) is 4.69. The molecule has 0 aliphatic carbocycles. The average Bonchev–Trinajstić information content (AvgIpc) is 2.63. The summed E-state index contributed by atoms with van der Waals surface area (Å²) < 4.78 is 0. The van der Waals surface area contributed by atoms with Crippen LogP contribution in [0.4, 0.5) is 0 Å². The maximum atomic E-state index is 11.7. The van der Waals surface area contributed by atoms with E-state index in [2.05, 4.69) is 0 Å².